The van der Waals surface area contributed by atoms with Crippen molar-refractivity contribution < 1.29 is 15.0 Å². The molecule has 1 aliphatic rings. The molecule has 0 atom stereocenters. The highest BCUT2D eigenvalue weighted by Crippen LogP contribution is 2.23. The number of hydrogen-bond donors (Lipinski definition) is 2. The molecule has 91 valence electrons. The van der Waals surface area contributed by atoms with Crippen molar-refractivity contribution in [2.75, 3.05) is 18.0 Å². The van der Waals surface area contributed by atoms with E-state index < -0.39 is 5.97 Å². The van der Waals surface area contributed by atoms with Crippen molar-refractivity contribution in [2.24, 2.45) is 0 Å². The summed E-state index contributed by atoms with van der Waals surface area (Å²) in [7, 11) is 0. The maximum absolute atomic E-state index is 11.0. The maximum Gasteiger partial charge on any atom is 0.355 e. The summed E-state index contributed by atoms with van der Waals surface area (Å²) >= 11 is 0. The zero-order chi connectivity index (χ0) is 12.3. The molecule has 1 aromatic rings. The lowest BCUT2D eigenvalue weighted by Gasteiger charge is -2.29. The highest BCUT2D eigenvalue weighted by molar-refractivity contribution is 5.88. The molecule has 0 amide bonds. The van der Waals surface area contributed by atoms with E-state index in [1.807, 2.05) is 4.90 Å². The van der Waals surface area contributed by atoms with E-state index in [4.69, 9.17) is 5.11 Å². The van der Waals surface area contributed by atoms with Gasteiger partial charge >= 0.3 is 5.97 Å². The van der Waals surface area contributed by atoms with Gasteiger partial charge in [-0.25, -0.2) is 14.8 Å². The predicted octanol–water partition coefficient (Wildman–Crippen LogP) is 0.458. The summed E-state index contributed by atoms with van der Waals surface area (Å²) < 4.78 is 0. The monoisotopic (exact) mass is 236 g/mol. The van der Waals surface area contributed by atoms with Crippen LogP contribution in [0.25, 0.3) is 0 Å². The molecule has 0 spiro atoms. The lowest BCUT2D eigenvalue weighted by Crippen LogP contribution is -2.32. The molecule has 1 fully saturated rings. The Labute approximate surface area is 98.9 Å². The Bertz CT molecular complexity index is 416. The first-order valence-corrected chi connectivity index (χ1v) is 5.60. The van der Waals surface area contributed by atoms with E-state index >= 15 is 0 Å². The van der Waals surface area contributed by atoms with Crippen molar-refractivity contribution in [3.8, 4) is 0 Å². The van der Waals surface area contributed by atoms with Crippen molar-refractivity contribution in [3.63, 3.8) is 0 Å². The highest BCUT2D eigenvalue weighted by atomic mass is 16.4. The average molecular weight is 236 g/mol. The van der Waals surface area contributed by atoms with Crippen molar-refractivity contribution in [1.82, 2.24) is 9.97 Å². The van der Waals surface area contributed by atoms with E-state index in [9.17, 15) is 9.90 Å². The normalized spacial score (nSPS) is 15.9. The fourth-order valence-corrected chi connectivity index (χ4v) is 2.05. The molecule has 1 aliphatic heterocycles. The number of carbonyl (C=O) groups is 1. The van der Waals surface area contributed by atoms with Crippen LogP contribution < -0.4 is 4.90 Å². The van der Waals surface area contributed by atoms with Gasteiger partial charge in [0, 0.05) is 13.1 Å². The molecule has 1 saturated heterocycles. The number of aliphatic hydroxyl groups excluding tert-OH is 1. The van der Waals surface area contributed by atoms with E-state index in [0.29, 0.717) is 5.82 Å². The molecule has 0 bridgehead atoms. The van der Waals surface area contributed by atoms with Crippen molar-refractivity contribution >= 4 is 11.8 Å². The fraction of sp³-hybridized carbons (Fsp3) is 0.545. The van der Waals surface area contributed by atoms with Crippen molar-refractivity contribution in [2.45, 2.75) is 25.9 Å². The van der Waals surface area contributed by atoms with Gasteiger partial charge in [0.05, 0.1) is 12.2 Å². The molecular formula is C11H14N3O3. The van der Waals surface area contributed by atoms with Gasteiger partial charge in [0.2, 0.25) is 6.33 Å². The van der Waals surface area contributed by atoms with E-state index in [1.165, 1.54) is 6.42 Å². The van der Waals surface area contributed by atoms with Crippen molar-refractivity contribution in [3.05, 3.63) is 17.6 Å². The number of carboxylic acid groups (broad SMARTS) is 1. The molecule has 1 aromatic heterocycles. The third-order valence-corrected chi connectivity index (χ3v) is 2.89. The Hall–Kier alpha value is -1.69. The quantitative estimate of drug-likeness (QED) is 0.792. The third kappa shape index (κ3) is 2.36. The van der Waals surface area contributed by atoms with Gasteiger partial charge in [-0.3, -0.25) is 0 Å². The third-order valence-electron chi connectivity index (χ3n) is 2.89. The molecule has 0 unspecified atom stereocenters. The Morgan fingerprint density at radius 3 is 2.59 bits per heavy atom. The standard InChI is InChI=1S/C11H14N3O3/c15-6-8-9(11(16)17)12-7-13-10(8)14-4-2-1-3-5-14/h15H,1-6H2,(H,16,17). The van der Waals surface area contributed by atoms with Crippen LogP contribution in [0.1, 0.15) is 35.3 Å². The zero-order valence-corrected chi connectivity index (χ0v) is 9.39. The molecule has 6 heteroatoms. The minimum Gasteiger partial charge on any atom is -0.476 e. The van der Waals surface area contributed by atoms with Gasteiger partial charge in [-0.1, -0.05) is 0 Å². The van der Waals surface area contributed by atoms with E-state index in [1.54, 1.807) is 0 Å². The van der Waals surface area contributed by atoms with Crippen LogP contribution in [0.4, 0.5) is 5.82 Å². The molecule has 2 N–H and O–H groups in total. The van der Waals surface area contributed by atoms with Crippen LogP contribution in [0, 0.1) is 6.33 Å². The van der Waals surface area contributed by atoms with Crippen molar-refractivity contribution in [1.29, 1.82) is 0 Å². The zero-order valence-electron chi connectivity index (χ0n) is 9.39. The second-order valence-electron chi connectivity index (χ2n) is 3.99. The lowest BCUT2D eigenvalue weighted by atomic mass is 10.1. The topological polar surface area (TPSA) is 86.5 Å². The maximum atomic E-state index is 11.0. The van der Waals surface area contributed by atoms with Gasteiger partial charge in [0.25, 0.3) is 0 Å². The van der Waals surface area contributed by atoms with Gasteiger partial charge in [-0.15, -0.1) is 0 Å². The van der Waals surface area contributed by atoms with E-state index in [0.717, 1.165) is 25.9 Å². The summed E-state index contributed by atoms with van der Waals surface area (Å²) in [5.74, 6) is -0.662. The summed E-state index contributed by atoms with van der Waals surface area (Å²) in [5.41, 5.74) is 0.112. The smallest absolute Gasteiger partial charge is 0.355 e. The molecule has 17 heavy (non-hydrogen) atoms. The van der Waals surface area contributed by atoms with Gasteiger partial charge < -0.3 is 15.1 Å². The lowest BCUT2D eigenvalue weighted by molar-refractivity contribution is 0.0686. The second kappa shape index (κ2) is 5.09. The molecule has 0 aromatic carbocycles. The molecule has 1 radical (unpaired) electrons. The first-order chi connectivity index (χ1) is 8.24. The number of nitrogens with zero attached hydrogens (tertiary/aromatic N) is 3. The Kier molecular flexibility index (Phi) is 3.53. The molecule has 0 saturated carbocycles. The minimum atomic E-state index is -1.16. The molecule has 2 heterocycles. The van der Waals surface area contributed by atoms with Crippen LogP contribution in [0.15, 0.2) is 0 Å². The predicted molar refractivity (Wildman–Crippen MR) is 59.8 cm³/mol. The number of aromatic nitrogens is 2. The minimum absolute atomic E-state index is 0.164. The summed E-state index contributed by atoms with van der Waals surface area (Å²) in [6.07, 6.45) is 5.63. The van der Waals surface area contributed by atoms with E-state index in [2.05, 4.69) is 16.3 Å². The van der Waals surface area contributed by atoms with Gasteiger partial charge in [0.1, 0.15) is 5.82 Å². The average Bonchev–Trinajstić information content (AvgIpc) is 2.38. The highest BCUT2D eigenvalue weighted by Gasteiger charge is 2.21. The van der Waals surface area contributed by atoms with Crippen LogP contribution in [-0.4, -0.2) is 39.2 Å². The van der Waals surface area contributed by atoms with Crippen LogP contribution in [0.5, 0.6) is 0 Å². The molecule has 6 nitrogen and oxygen atoms in total. The van der Waals surface area contributed by atoms with Crippen LogP contribution in [0.2, 0.25) is 0 Å². The largest absolute Gasteiger partial charge is 0.476 e. The molecule has 0 aliphatic carbocycles. The number of carboxylic acids is 1. The number of rotatable bonds is 3. The number of aliphatic hydroxyl groups is 1. The van der Waals surface area contributed by atoms with E-state index in [-0.39, 0.29) is 17.9 Å². The number of aromatic carboxylic acids is 1. The molecular weight excluding hydrogens is 222 g/mol. The second-order valence-corrected chi connectivity index (χ2v) is 3.99. The Morgan fingerprint density at radius 2 is 2.00 bits per heavy atom. The Balaban J connectivity index is 2.38. The number of piperidine rings is 1. The molecule has 2 rings (SSSR count). The summed E-state index contributed by atoms with van der Waals surface area (Å²) in [5, 5.41) is 18.3. The van der Waals surface area contributed by atoms with Gasteiger partial charge in [-0.05, 0) is 19.3 Å². The van der Waals surface area contributed by atoms with Crippen LogP contribution in [0.3, 0.4) is 0 Å². The fourth-order valence-electron chi connectivity index (χ4n) is 2.05. The first-order valence-electron chi connectivity index (χ1n) is 5.60. The SMILES string of the molecule is O=C(O)c1n[c]nc(N2CCCCC2)c1CO. The summed E-state index contributed by atoms with van der Waals surface area (Å²) in [4.78, 5) is 20.5. The summed E-state index contributed by atoms with van der Waals surface area (Å²) in [6, 6.07) is 0. The van der Waals surface area contributed by atoms with Crippen LogP contribution in [-0.2, 0) is 6.61 Å². The van der Waals surface area contributed by atoms with Gasteiger partial charge in [-0.2, -0.15) is 0 Å². The Morgan fingerprint density at radius 1 is 1.29 bits per heavy atom. The summed E-state index contributed by atoms with van der Waals surface area (Å²) in [6.45, 7) is 1.29. The number of anilines is 1. The number of hydrogen-bond acceptors (Lipinski definition) is 5. The van der Waals surface area contributed by atoms with Gasteiger partial charge in [0.15, 0.2) is 5.69 Å². The van der Waals surface area contributed by atoms with Crippen LogP contribution >= 0.6 is 0 Å². The first kappa shape index (κ1) is 11.8.